The summed E-state index contributed by atoms with van der Waals surface area (Å²) in [6.45, 7) is 15.9. The Morgan fingerprint density at radius 2 is 1.71 bits per heavy atom. The Morgan fingerprint density at radius 3 is 2.26 bits per heavy atom. The van der Waals surface area contributed by atoms with Crippen molar-refractivity contribution in [3.05, 3.63) is 52.6 Å². The Hall–Kier alpha value is -2.29. The fraction of sp³-hybridized carbons (Fsp3) is 0.536. The lowest BCUT2D eigenvalue weighted by Gasteiger charge is -2.29. The number of anilines is 3. The van der Waals surface area contributed by atoms with Crippen molar-refractivity contribution in [3.63, 3.8) is 0 Å². The van der Waals surface area contributed by atoms with Gasteiger partial charge in [-0.25, -0.2) is 0 Å². The molecule has 1 amide bonds. The summed E-state index contributed by atoms with van der Waals surface area (Å²) in [4.78, 5) is 15.0. The molecule has 0 aliphatic heterocycles. The van der Waals surface area contributed by atoms with Crippen LogP contribution in [0.3, 0.4) is 0 Å². The number of amides is 1. The fourth-order valence-corrected chi connectivity index (χ4v) is 4.35. The zero-order valence-electron chi connectivity index (χ0n) is 20.6. The predicted octanol–water partition coefficient (Wildman–Crippen LogP) is 7.49. The third-order valence-corrected chi connectivity index (χ3v) is 5.96. The van der Waals surface area contributed by atoms with Crippen molar-refractivity contribution in [2.24, 2.45) is 11.3 Å². The molecule has 2 aromatic carbocycles. The third-order valence-electron chi connectivity index (χ3n) is 5.96. The molecule has 1 fully saturated rings. The molecule has 31 heavy (non-hydrogen) atoms. The molecule has 1 aliphatic rings. The van der Waals surface area contributed by atoms with Gasteiger partial charge in [-0.3, -0.25) is 4.79 Å². The lowest BCUT2D eigenvalue weighted by Crippen LogP contribution is -2.22. The predicted molar refractivity (Wildman–Crippen MR) is 134 cm³/mol. The Balaban J connectivity index is 1.93. The molecule has 0 unspecified atom stereocenters. The second-order valence-corrected chi connectivity index (χ2v) is 10.7. The molecule has 0 saturated heterocycles. The molecule has 3 heteroatoms. The molecular formula is C28H40N2O. The highest BCUT2D eigenvalue weighted by Crippen LogP contribution is 2.39. The van der Waals surface area contributed by atoms with Crippen molar-refractivity contribution in [1.82, 2.24) is 0 Å². The zero-order valence-corrected chi connectivity index (χ0v) is 20.6. The van der Waals surface area contributed by atoms with Gasteiger partial charge in [0.05, 0.1) is 0 Å². The lowest BCUT2D eigenvalue weighted by molar-refractivity contribution is -0.117. The molecule has 2 aromatic rings. The van der Waals surface area contributed by atoms with Crippen LogP contribution in [-0.4, -0.2) is 12.5 Å². The molecule has 1 aliphatic carbocycles. The normalized spacial score (nSPS) is 13.9. The first-order valence-corrected chi connectivity index (χ1v) is 11.9. The second kappa shape index (κ2) is 9.46. The summed E-state index contributed by atoms with van der Waals surface area (Å²) in [6, 6.07) is 11.4. The van der Waals surface area contributed by atoms with Gasteiger partial charge in [0.1, 0.15) is 0 Å². The molecule has 1 saturated carbocycles. The van der Waals surface area contributed by atoms with Crippen molar-refractivity contribution in [1.29, 1.82) is 0 Å². The number of carbonyl (C=O) groups is 1. The van der Waals surface area contributed by atoms with Crippen molar-refractivity contribution in [2.75, 3.05) is 16.8 Å². The molecule has 0 bridgehead atoms. The van der Waals surface area contributed by atoms with E-state index in [-0.39, 0.29) is 11.3 Å². The van der Waals surface area contributed by atoms with Crippen LogP contribution >= 0.6 is 0 Å². The van der Waals surface area contributed by atoms with Gasteiger partial charge in [0.2, 0.25) is 5.91 Å². The van der Waals surface area contributed by atoms with E-state index in [0.717, 1.165) is 35.7 Å². The zero-order chi connectivity index (χ0) is 22.8. The minimum atomic E-state index is -0.0207. The maximum atomic E-state index is 12.5. The van der Waals surface area contributed by atoms with E-state index in [1.165, 1.54) is 41.8 Å². The molecule has 168 valence electrons. The Kier molecular flexibility index (Phi) is 7.13. The van der Waals surface area contributed by atoms with Crippen molar-refractivity contribution < 1.29 is 4.79 Å². The first-order valence-electron chi connectivity index (χ1n) is 11.9. The number of aryl methyl sites for hydroxylation is 3. The van der Waals surface area contributed by atoms with Gasteiger partial charge >= 0.3 is 0 Å². The molecule has 1 N–H and O–H groups in total. The third kappa shape index (κ3) is 6.35. The number of benzene rings is 2. The number of nitrogens with zero attached hydrogens (tertiary/aromatic N) is 1. The number of carbonyl (C=O) groups excluding carboxylic acids is 1. The van der Waals surface area contributed by atoms with E-state index < -0.39 is 0 Å². The van der Waals surface area contributed by atoms with Crippen LogP contribution in [0.4, 0.5) is 17.1 Å². The summed E-state index contributed by atoms with van der Waals surface area (Å²) in [6.07, 6.45) is 5.50. The molecule has 3 nitrogen and oxygen atoms in total. The summed E-state index contributed by atoms with van der Waals surface area (Å²) < 4.78 is 0. The van der Waals surface area contributed by atoms with Gasteiger partial charge in [-0.2, -0.15) is 0 Å². The van der Waals surface area contributed by atoms with E-state index in [4.69, 9.17) is 0 Å². The summed E-state index contributed by atoms with van der Waals surface area (Å²) in [7, 11) is 0. The van der Waals surface area contributed by atoms with E-state index in [0.29, 0.717) is 6.42 Å². The maximum Gasteiger partial charge on any atom is 0.224 e. The van der Waals surface area contributed by atoms with Crippen LogP contribution < -0.4 is 10.2 Å². The van der Waals surface area contributed by atoms with Gasteiger partial charge in [0.15, 0.2) is 0 Å². The second-order valence-electron chi connectivity index (χ2n) is 10.7. The van der Waals surface area contributed by atoms with E-state index in [1.54, 1.807) is 0 Å². The molecular weight excluding hydrogens is 380 g/mol. The van der Waals surface area contributed by atoms with Crippen molar-refractivity contribution in [2.45, 2.75) is 80.6 Å². The average Bonchev–Trinajstić information content (AvgIpc) is 3.46. The van der Waals surface area contributed by atoms with Gasteiger partial charge in [-0.15, -0.1) is 0 Å². The SMILES string of the molecule is CCCN(c1cc(C)c(NC(=O)CC(C)(C)C)c(C)c1)c1ccc(C)cc1CC1CC1. The Bertz CT molecular complexity index is 912. The first kappa shape index (κ1) is 23.4. The van der Waals surface area contributed by atoms with Crippen LogP contribution in [0.1, 0.15) is 75.6 Å². The topological polar surface area (TPSA) is 32.3 Å². The number of hydrogen-bond donors (Lipinski definition) is 1. The molecule has 3 rings (SSSR count). The Labute approximate surface area is 189 Å². The molecule has 0 atom stereocenters. The van der Waals surface area contributed by atoms with E-state index in [2.05, 4.69) is 89.0 Å². The largest absolute Gasteiger partial charge is 0.341 e. The quantitative estimate of drug-likeness (QED) is 0.480. The summed E-state index contributed by atoms with van der Waals surface area (Å²) in [5.74, 6) is 0.940. The van der Waals surface area contributed by atoms with Gasteiger partial charge in [-0.05, 0) is 92.7 Å². The van der Waals surface area contributed by atoms with Crippen molar-refractivity contribution in [3.8, 4) is 0 Å². The lowest BCUT2D eigenvalue weighted by atomic mass is 9.92. The highest BCUT2D eigenvalue weighted by atomic mass is 16.1. The van der Waals surface area contributed by atoms with Gasteiger partial charge in [0, 0.05) is 30.0 Å². The summed E-state index contributed by atoms with van der Waals surface area (Å²) in [5.41, 5.74) is 8.52. The number of rotatable bonds is 8. The molecule has 0 aromatic heterocycles. The van der Waals surface area contributed by atoms with Crippen molar-refractivity contribution >= 4 is 23.0 Å². The van der Waals surface area contributed by atoms with E-state index in [9.17, 15) is 4.79 Å². The maximum absolute atomic E-state index is 12.5. The summed E-state index contributed by atoms with van der Waals surface area (Å²) >= 11 is 0. The van der Waals surface area contributed by atoms with Gasteiger partial charge in [-0.1, -0.05) is 45.4 Å². The van der Waals surface area contributed by atoms with Gasteiger partial charge < -0.3 is 10.2 Å². The van der Waals surface area contributed by atoms with Gasteiger partial charge in [0.25, 0.3) is 0 Å². The number of hydrogen-bond acceptors (Lipinski definition) is 2. The highest BCUT2D eigenvalue weighted by molar-refractivity contribution is 5.93. The smallest absolute Gasteiger partial charge is 0.224 e. The fourth-order valence-electron chi connectivity index (χ4n) is 4.35. The van der Waals surface area contributed by atoms with Crippen LogP contribution in [0.25, 0.3) is 0 Å². The van der Waals surface area contributed by atoms with Crippen LogP contribution in [0.2, 0.25) is 0 Å². The minimum Gasteiger partial charge on any atom is -0.341 e. The van der Waals surface area contributed by atoms with Crippen LogP contribution in [-0.2, 0) is 11.2 Å². The molecule has 0 spiro atoms. The van der Waals surface area contributed by atoms with Crippen LogP contribution in [0, 0.1) is 32.1 Å². The van der Waals surface area contributed by atoms with E-state index in [1.807, 2.05) is 0 Å². The summed E-state index contributed by atoms with van der Waals surface area (Å²) in [5, 5.41) is 3.17. The first-order chi connectivity index (χ1) is 14.6. The minimum absolute atomic E-state index is 0.0207. The monoisotopic (exact) mass is 420 g/mol. The molecule has 0 radical (unpaired) electrons. The molecule has 0 heterocycles. The highest BCUT2D eigenvalue weighted by Gasteiger charge is 2.25. The van der Waals surface area contributed by atoms with Crippen LogP contribution in [0.15, 0.2) is 30.3 Å². The Morgan fingerprint density at radius 1 is 1.06 bits per heavy atom. The van der Waals surface area contributed by atoms with Crippen LogP contribution in [0.5, 0.6) is 0 Å². The average molecular weight is 421 g/mol. The van der Waals surface area contributed by atoms with E-state index >= 15 is 0 Å². The standard InChI is InChI=1S/C28H40N2O/c1-8-13-30(25-12-9-19(2)14-23(25)17-22-10-11-22)24-15-20(3)27(21(4)16-24)29-26(31)18-28(5,6)7/h9,12,14-16,22H,8,10-11,13,17-18H2,1-7H3,(H,29,31). The number of nitrogens with one attached hydrogen (secondary N) is 1.